The fourth-order valence-electron chi connectivity index (χ4n) is 3.31. The summed E-state index contributed by atoms with van der Waals surface area (Å²) in [6, 6.07) is 0. The molecule has 0 aromatic rings. The van der Waals surface area contributed by atoms with Gasteiger partial charge >= 0.3 is 6.16 Å². The van der Waals surface area contributed by atoms with Gasteiger partial charge in [0.05, 0.1) is 11.8 Å². The topological polar surface area (TPSA) is 72.9 Å². The maximum Gasteiger partial charge on any atom is 0.534 e. The van der Waals surface area contributed by atoms with Gasteiger partial charge in [0, 0.05) is 0 Å². The van der Waals surface area contributed by atoms with Crippen LogP contribution in [0.1, 0.15) is 27.2 Å². The number of allylic oxidation sites excluding steroid dienone is 2. The van der Waals surface area contributed by atoms with E-state index in [1.165, 1.54) is 0 Å². The number of nitrogens with zero attached hydrogens (tertiary/aromatic N) is 1. The Hall–Kier alpha value is -1.85. The number of imide groups is 1. The van der Waals surface area contributed by atoms with E-state index in [1.807, 2.05) is 12.2 Å². The Bertz CT molecular complexity index is 488. The van der Waals surface area contributed by atoms with Crippen LogP contribution in [0.3, 0.4) is 0 Å². The van der Waals surface area contributed by atoms with E-state index in [4.69, 9.17) is 9.57 Å². The highest BCUT2D eigenvalue weighted by Gasteiger charge is 2.61. The van der Waals surface area contributed by atoms with E-state index >= 15 is 0 Å². The largest absolute Gasteiger partial charge is 0.534 e. The smallest absolute Gasteiger partial charge is 0.427 e. The van der Waals surface area contributed by atoms with Crippen LogP contribution >= 0.6 is 0 Å². The predicted octanol–water partition coefficient (Wildman–Crippen LogP) is 1.66. The molecule has 0 aromatic carbocycles. The SMILES string of the molecule is CC(C)(C)OC(=O)ON1C(=O)[C@H]2[C@H](C1=O)[C@H]1C=C[C@H]2C1. The number of rotatable bonds is 1. The Kier molecular flexibility index (Phi) is 2.68. The van der Waals surface area contributed by atoms with Crippen molar-refractivity contribution in [1.82, 2.24) is 5.06 Å². The fourth-order valence-corrected chi connectivity index (χ4v) is 3.31. The van der Waals surface area contributed by atoms with Crippen molar-refractivity contribution >= 4 is 18.0 Å². The molecule has 0 aromatic heterocycles. The molecule has 0 unspecified atom stereocenters. The second-order valence-electron chi connectivity index (χ2n) is 6.53. The molecule has 1 heterocycles. The van der Waals surface area contributed by atoms with E-state index < -0.39 is 23.6 Å². The molecule has 0 radical (unpaired) electrons. The van der Waals surface area contributed by atoms with Gasteiger partial charge in [-0.1, -0.05) is 17.2 Å². The first kappa shape index (κ1) is 13.1. The number of hydrogen-bond acceptors (Lipinski definition) is 5. The number of amides is 2. The van der Waals surface area contributed by atoms with Crippen molar-refractivity contribution in [3.8, 4) is 0 Å². The average Bonchev–Trinajstić information content (AvgIpc) is 2.96. The first-order valence-corrected chi connectivity index (χ1v) is 6.75. The van der Waals surface area contributed by atoms with Gasteiger partial charge in [-0.25, -0.2) is 4.79 Å². The third-order valence-electron chi connectivity index (χ3n) is 3.99. The maximum atomic E-state index is 12.2. The minimum atomic E-state index is -1.03. The fraction of sp³-hybridized carbons (Fsp3) is 0.643. The van der Waals surface area contributed by atoms with Crippen LogP contribution in [0.2, 0.25) is 0 Å². The summed E-state index contributed by atoms with van der Waals surface area (Å²) in [5.41, 5.74) is -0.737. The van der Waals surface area contributed by atoms with Crippen LogP contribution in [0.15, 0.2) is 12.2 Å². The van der Waals surface area contributed by atoms with Gasteiger partial charge in [-0.2, -0.15) is 0 Å². The van der Waals surface area contributed by atoms with E-state index in [9.17, 15) is 14.4 Å². The second-order valence-corrected chi connectivity index (χ2v) is 6.53. The minimum Gasteiger partial charge on any atom is -0.427 e. The van der Waals surface area contributed by atoms with Gasteiger partial charge < -0.3 is 4.74 Å². The zero-order valence-electron chi connectivity index (χ0n) is 11.7. The number of carbonyl (C=O) groups is 3. The highest BCUT2D eigenvalue weighted by molar-refractivity contribution is 6.05. The molecule has 0 N–H and O–H groups in total. The molecule has 2 bridgehead atoms. The van der Waals surface area contributed by atoms with Crippen LogP contribution in [0, 0.1) is 23.7 Å². The Balaban J connectivity index is 1.72. The van der Waals surface area contributed by atoms with Crippen LogP contribution in [-0.4, -0.2) is 28.6 Å². The molecule has 3 rings (SSSR count). The lowest BCUT2D eigenvalue weighted by Gasteiger charge is -2.21. The van der Waals surface area contributed by atoms with Crippen LogP contribution < -0.4 is 0 Å². The Morgan fingerprint density at radius 1 is 1.15 bits per heavy atom. The van der Waals surface area contributed by atoms with E-state index in [-0.39, 0.29) is 23.7 Å². The van der Waals surface area contributed by atoms with Crippen molar-refractivity contribution in [2.75, 3.05) is 0 Å². The van der Waals surface area contributed by atoms with Gasteiger partial charge in [0.1, 0.15) is 5.60 Å². The van der Waals surface area contributed by atoms with Crippen molar-refractivity contribution in [3.63, 3.8) is 0 Å². The van der Waals surface area contributed by atoms with Gasteiger partial charge in [0.25, 0.3) is 11.8 Å². The summed E-state index contributed by atoms with van der Waals surface area (Å²) in [4.78, 5) is 40.9. The molecule has 3 aliphatic rings. The predicted molar refractivity (Wildman–Crippen MR) is 66.9 cm³/mol. The molecule has 1 aliphatic heterocycles. The summed E-state index contributed by atoms with van der Waals surface area (Å²) in [6.07, 6.45) is 3.77. The van der Waals surface area contributed by atoms with Gasteiger partial charge in [-0.05, 0) is 39.0 Å². The average molecular weight is 279 g/mol. The molecule has 2 fully saturated rings. The third kappa shape index (κ3) is 1.90. The summed E-state index contributed by atoms with van der Waals surface area (Å²) >= 11 is 0. The lowest BCUT2D eigenvalue weighted by atomic mass is 9.85. The van der Waals surface area contributed by atoms with Gasteiger partial charge in [0.2, 0.25) is 0 Å². The minimum absolute atomic E-state index is 0.0914. The number of carbonyl (C=O) groups excluding carboxylic acids is 3. The molecule has 20 heavy (non-hydrogen) atoms. The summed E-state index contributed by atoms with van der Waals surface area (Å²) in [6.45, 7) is 5.04. The highest BCUT2D eigenvalue weighted by Crippen LogP contribution is 2.52. The molecular weight excluding hydrogens is 262 g/mol. The molecule has 1 saturated heterocycles. The van der Waals surface area contributed by atoms with Crippen molar-refractivity contribution in [1.29, 1.82) is 0 Å². The summed E-state index contributed by atoms with van der Waals surface area (Å²) in [7, 11) is 0. The summed E-state index contributed by atoms with van der Waals surface area (Å²) in [5, 5.41) is 0.593. The van der Waals surface area contributed by atoms with Gasteiger partial charge in [-0.3, -0.25) is 14.4 Å². The molecule has 2 amide bonds. The Labute approximate surface area is 116 Å². The molecule has 4 atom stereocenters. The highest BCUT2D eigenvalue weighted by atomic mass is 16.8. The van der Waals surface area contributed by atoms with E-state index in [2.05, 4.69) is 0 Å². The van der Waals surface area contributed by atoms with Gasteiger partial charge in [-0.15, -0.1) is 0 Å². The Morgan fingerprint density at radius 2 is 1.65 bits per heavy atom. The molecule has 2 aliphatic carbocycles. The van der Waals surface area contributed by atoms with Crippen LogP contribution in [-0.2, 0) is 19.2 Å². The number of hydrogen-bond donors (Lipinski definition) is 0. The van der Waals surface area contributed by atoms with Crippen LogP contribution in [0.4, 0.5) is 4.79 Å². The second kappa shape index (κ2) is 4.07. The molecule has 1 saturated carbocycles. The van der Waals surface area contributed by atoms with Crippen molar-refractivity contribution in [2.45, 2.75) is 32.8 Å². The first-order chi connectivity index (χ1) is 9.28. The van der Waals surface area contributed by atoms with Crippen molar-refractivity contribution in [3.05, 3.63) is 12.2 Å². The standard InChI is InChI=1S/C14H17NO5/c1-14(2,3)19-13(18)20-15-11(16)9-7-4-5-8(6-7)10(9)12(15)17/h4-5,7-10H,6H2,1-3H3/t7-,8-,9+,10+/m0/s1. The summed E-state index contributed by atoms with van der Waals surface area (Å²) < 4.78 is 4.96. The van der Waals surface area contributed by atoms with E-state index in [0.717, 1.165) is 6.42 Å². The molecule has 6 nitrogen and oxygen atoms in total. The lowest BCUT2D eigenvalue weighted by molar-refractivity contribution is -0.183. The monoisotopic (exact) mass is 279 g/mol. The third-order valence-corrected chi connectivity index (χ3v) is 3.99. The molecule has 6 heteroatoms. The van der Waals surface area contributed by atoms with Crippen molar-refractivity contribution < 1.29 is 24.0 Å². The molecule has 108 valence electrons. The molecular formula is C14H17NO5. The number of ether oxygens (including phenoxy) is 1. The normalized spacial score (nSPS) is 34.6. The summed E-state index contributed by atoms with van der Waals surface area (Å²) in [5.74, 6) is -1.42. The first-order valence-electron chi connectivity index (χ1n) is 6.75. The quantitative estimate of drug-likeness (QED) is 0.414. The lowest BCUT2D eigenvalue weighted by Crippen LogP contribution is -2.37. The van der Waals surface area contributed by atoms with Crippen LogP contribution in [0.25, 0.3) is 0 Å². The Morgan fingerprint density at radius 3 is 2.10 bits per heavy atom. The maximum absolute atomic E-state index is 12.2. The van der Waals surface area contributed by atoms with E-state index in [0.29, 0.717) is 5.06 Å². The van der Waals surface area contributed by atoms with E-state index in [1.54, 1.807) is 20.8 Å². The van der Waals surface area contributed by atoms with Crippen LogP contribution in [0.5, 0.6) is 0 Å². The van der Waals surface area contributed by atoms with Gasteiger partial charge in [0.15, 0.2) is 0 Å². The molecule has 0 spiro atoms. The zero-order valence-corrected chi connectivity index (χ0v) is 11.7. The zero-order chi connectivity index (χ0) is 14.7. The van der Waals surface area contributed by atoms with Crippen molar-refractivity contribution in [2.24, 2.45) is 23.7 Å². The number of fused-ring (bicyclic) bond motifs is 5. The number of hydroxylamine groups is 2.